The van der Waals surface area contributed by atoms with Crippen LogP contribution in [0.25, 0.3) is 0 Å². The zero-order valence-electron chi connectivity index (χ0n) is 10.6. The van der Waals surface area contributed by atoms with Crippen LogP contribution in [0.4, 0.5) is 0 Å². The molecule has 1 saturated carbocycles. The zero-order valence-corrected chi connectivity index (χ0v) is 11.6. The van der Waals surface area contributed by atoms with Crippen molar-refractivity contribution in [1.82, 2.24) is 0 Å². The highest BCUT2D eigenvalue weighted by atomic mass is 28.3. The average molecular weight is 232 g/mol. The number of carbonyl (C=O) groups excluding carboxylic acids is 1. The van der Waals surface area contributed by atoms with Gasteiger partial charge in [0, 0.05) is 5.92 Å². The first-order valence-electron chi connectivity index (χ1n) is 6.35. The Kier molecular flexibility index (Phi) is 1.96. The van der Waals surface area contributed by atoms with Crippen molar-refractivity contribution < 1.29 is 4.79 Å². The summed E-state index contributed by atoms with van der Waals surface area (Å²) in [6, 6.07) is 0. The van der Waals surface area contributed by atoms with Crippen molar-refractivity contribution in [3.8, 4) is 0 Å². The molecule has 0 aromatic heterocycles. The van der Waals surface area contributed by atoms with Gasteiger partial charge in [-0.15, -0.1) is 0 Å². The topological polar surface area (TPSA) is 17.1 Å². The lowest BCUT2D eigenvalue weighted by Gasteiger charge is -2.20. The zero-order chi connectivity index (χ0) is 11.7. The SMILES string of the molecule is CC1=C([Si](C)(C)C)C(=O)[C@@H]2[C@H]1[C@@H]1C=C[C@H]2C1. The molecular weight excluding hydrogens is 212 g/mol. The summed E-state index contributed by atoms with van der Waals surface area (Å²) in [5.41, 5.74) is 1.45. The Morgan fingerprint density at radius 2 is 1.69 bits per heavy atom. The Morgan fingerprint density at radius 1 is 1.12 bits per heavy atom. The van der Waals surface area contributed by atoms with Gasteiger partial charge in [-0.2, -0.15) is 0 Å². The molecule has 0 heterocycles. The molecule has 3 aliphatic rings. The van der Waals surface area contributed by atoms with Crippen LogP contribution in [0.5, 0.6) is 0 Å². The molecule has 2 heteroatoms. The minimum atomic E-state index is -1.45. The van der Waals surface area contributed by atoms with Crippen LogP contribution in [0.15, 0.2) is 22.9 Å². The normalized spacial score (nSPS) is 41.1. The first-order chi connectivity index (χ1) is 7.41. The van der Waals surface area contributed by atoms with Gasteiger partial charge in [0.05, 0.1) is 8.07 Å². The van der Waals surface area contributed by atoms with E-state index in [9.17, 15) is 4.79 Å². The van der Waals surface area contributed by atoms with Crippen molar-refractivity contribution in [3.05, 3.63) is 22.9 Å². The molecule has 0 unspecified atom stereocenters. The summed E-state index contributed by atoms with van der Waals surface area (Å²) in [6.45, 7) is 9.14. The predicted molar refractivity (Wildman–Crippen MR) is 68.8 cm³/mol. The molecule has 0 saturated heterocycles. The molecule has 16 heavy (non-hydrogen) atoms. The van der Waals surface area contributed by atoms with Crippen molar-refractivity contribution >= 4 is 13.9 Å². The Labute approximate surface area is 98.6 Å². The molecule has 2 bridgehead atoms. The number of ketones is 1. The lowest BCUT2D eigenvalue weighted by atomic mass is 9.82. The van der Waals surface area contributed by atoms with Crippen LogP contribution < -0.4 is 0 Å². The third-order valence-corrected chi connectivity index (χ3v) is 6.79. The van der Waals surface area contributed by atoms with E-state index in [1.165, 1.54) is 17.2 Å². The maximum absolute atomic E-state index is 12.6. The van der Waals surface area contributed by atoms with Gasteiger partial charge < -0.3 is 0 Å². The number of Topliss-reactive ketones (excluding diaryl/α,β-unsaturated/α-hetero) is 1. The average Bonchev–Trinajstić information content (AvgIpc) is 2.77. The van der Waals surface area contributed by atoms with Gasteiger partial charge >= 0.3 is 0 Å². The highest BCUT2D eigenvalue weighted by Gasteiger charge is 2.55. The van der Waals surface area contributed by atoms with Crippen LogP contribution in [-0.2, 0) is 4.79 Å². The number of rotatable bonds is 1. The van der Waals surface area contributed by atoms with E-state index in [2.05, 4.69) is 38.7 Å². The summed E-state index contributed by atoms with van der Waals surface area (Å²) in [6.07, 6.45) is 5.89. The minimum absolute atomic E-state index is 0.330. The smallest absolute Gasteiger partial charge is 0.159 e. The van der Waals surface area contributed by atoms with Gasteiger partial charge in [-0.1, -0.05) is 37.4 Å². The summed E-state index contributed by atoms with van der Waals surface area (Å²) in [7, 11) is -1.45. The monoisotopic (exact) mass is 232 g/mol. The van der Waals surface area contributed by atoms with E-state index in [1.54, 1.807) is 0 Å². The molecule has 0 amide bonds. The molecule has 0 aromatic rings. The fraction of sp³-hybridized carbons (Fsp3) is 0.643. The number of hydrogen-bond donors (Lipinski definition) is 0. The van der Waals surface area contributed by atoms with Crippen molar-refractivity contribution in [3.63, 3.8) is 0 Å². The third-order valence-electron chi connectivity index (χ3n) is 4.65. The largest absolute Gasteiger partial charge is 0.295 e. The number of hydrogen-bond acceptors (Lipinski definition) is 1. The van der Waals surface area contributed by atoms with Crippen LogP contribution in [0, 0.1) is 23.7 Å². The standard InChI is InChI=1S/C14H20OSi/c1-8-11-9-5-6-10(7-9)12(11)13(15)14(8)16(2,3)4/h5-6,9-12H,7H2,1-4H3/t9-,10+,11-,12+/m1/s1. The van der Waals surface area contributed by atoms with Crippen LogP contribution in [-0.4, -0.2) is 13.9 Å². The maximum atomic E-state index is 12.6. The second-order valence-corrected chi connectivity index (χ2v) is 11.7. The van der Waals surface area contributed by atoms with E-state index in [0.29, 0.717) is 29.5 Å². The molecule has 0 aliphatic heterocycles. The predicted octanol–water partition coefficient (Wildman–Crippen LogP) is 3.20. The van der Waals surface area contributed by atoms with Crippen LogP contribution in [0.3, 0.4) is 0 Å². The Hall–Kier alpha value is -0.633. The van der Waals surface area contributed by atoms with Gasteiger partial charge in [0.2, 0.25) is 0 Å². The van der Waals surface area contributed by atoms with Crippen molar-refractivity contribution in [2.45, 2.75) is 33.0 Å². The fourth-order valence-corrected chi connectivity index (χ4v) is 6.51. The highest BCUT2D eigenvalue weighted by Crippen LogP contribution is 2.56. The van der Waals surface area contributed by atoms with Crippen molar-refractivity contribution in [2.75, 3.05) is 0 Å². The lowest BCUT2D eigenvalue weighted by Crippen LogP contribution is -2.31. The van der Waals surface area contributed by atoms with E-state index < -0.39 is 8.07 Å². The van der Waals surface area contributed by atoms with Crippen LogP contribution in [0.2, 0.25) is 19.6 Å². The van der Waals surface area contributed by atoms with Gasteiger partial charge in [0.15, 0.2) is 5.78 Å². The van der Waals surface area contributed by atoms with Crippen LogP contribution in [0.1, 0.15) is 13.3 Å². The molecule has 3 aliphatic carbocycles. The van der Waals surface area contributed by atoms with E-state index >= 15 is 0 Å². The van der Waals surface area contributed by atoms with Gasteiger partial charge in [0.25, 0.3) is 0 Å². The molecule has 86 valence electrons. The lowest BCUT2D eigenvalue weighted by molar-refractivity contribution is -0.119. The Balaban J connectivity index is 2.08. The molecule has 4 atom stereocenters. The minimum Gasteiger partial charge on any atom is -0.295 e. The number of fused-ring (bicyclic) bond motifs is 5. The molecule has 1 nitrogen and oxygen atoms in total. The second kappa shape index (κ2) is 2.98. The van der Waals surface area contributed by atoms with E-state index in [1.807, 2.05) is 0 Å². The molecule has 3 rings (SSSR count). The first-order valence-corrected chi connectivity index (χ1v) is 9.85. The van der Waals surface area contributed by atoms with Gasteiger partial charge in [0.1, 0.15) is 0 Å². The molecule has 0 radical (unpaired) electrons. The van der Waals surface area contributed by atoms with E-state index in [-0.39, 0.29) is 0 Å². The molecule has 0 N–H and O–H groups in total. The molecular formula is C14H20OSi. The summed E-state index contributed by atoms with van der Waals surface area (Å²) < 4.78 is 0. The van der Waals surface area contributed by atoms with E-state index in [4.69, 9.17) is 0 Å². The number of allylic oxidation sites excluding steroid dienone is 4. The van der Waals surface area contributed by atoms with Crippen LogP contribution >= 0.6 is 0 Å². The molecule has 0 aromatic carbocycles. The second-order valence-electron chi connectivity index (χ2n) is 6.67. The molecule has 0 spiro atoms. The Morgan fingerprint density at radius 3 is 2.19 bits per heavy atom. The summed E-state index contributed by atoms with van der Waals surface area (Å²) in [4.78, 5) is 12.6. The van der Waals surface area contributed by atoms with Gasteiger partial charge in [-0.05, 0) is 36.3 Å². The van der Waals surface area contributed by atoms with E-state index in [0.717, 1.165) is 0 Å². The quantitative estimate of drug-likeness (QED) is 0.501. The summed E-state index contributed by atoms with van der Waals surface area (Å²) in [5, 5.41) is 1.26. The summed E-state index contributed by atoms with van der Waals surface area (Å²) in [5.74, 6) is 2.65. The third kappa shape index (κ3) is 1.14. The fourth-order valence-electron chi connectivity index (χ4n) is 4.26. The van der Waals surface area contributed by atoms with Gasteiger partial charge in [-0.25, -0.2) is 0 Å². The van der Waals surface area contributed by atoms with Gasteiger partial charge in [-0.3, -0.25) is 4.79 Å². The number of carbonyl (C=O) groups is 1. The van der Waals surface area contributed by atoms with Crippen molar-refractivity contribution in [2.24, 2.45) is 23.7 Å². The highest BCUT2D eigenvalue weighted by molar-refractivity contribution is 6.87. The Bertz CT molecular complexity index is 425. The first kappa shape index (κ1) is 10.5. The summed E-state index contributed by atoms with van der Waals surface area (Å²) >= 11 is 0. The maximum Gasteiger partial charge on any atom is 0.159 e. The van der Waals surface area contributed by atoms with Crippen molar-refractivity contribution in [1.29, 1.82) is 0 Å². The molecule has 1 fully saturated rings.